The Hall–Kier alpha value is -2.56. The summed E-state index contributed by atoms with van der Waals surface area (Å²) in [6.07, 6.45) is 9.63. The number of amides is 2. The highest BCUT2D eigenvalue weighted by Crippen LogP contribution is 2.35. The van der Waals surface area contributed by atoms with Gasteiger partial charge in [0.15, 0.2) is 0 Å². The van der Waals surface area contributed by atoms with E-state index in [-0.39, 0.29) is 17.1 Å². The van der Waals surface area contributed by atoms with Crippen LogP contribution >= 0.6 is 0 Å². The van der Waals surface area contributed by atoms with Crippen molar-refractivity contribution in [2.24, 2.45) is 0 Å². The van der Waals surface area contributed by atoms with Gasteiger partial charge in [0, 0.05) is 12.5 Å². The van der Waals surface area contributed by atoms with Crippen LogP contribution in [0.15, 0.2) is 29.4 Å². The van der Waals surface area contributed by atoms with Gasteiger partial charge in [-0.05, 0) is 64.5 Å². The first-order chi connectivity index (χ1) is 13.7. The summed E-state index contributed by atoms with van der Waals surface area (Å²) in [6.45, 7) is 9.46. The van der Waals surface area contributed by atoms with Gasteiger partial charge in [-0.2, -0.15) is 0 Å². The molecule has 0 atom stereocenters. The molecule has 0 aliphatic rings. The van der Waals surface area contributed by atoms with Crippen LogP contribution < -0.4 is 5.32 Å². The minimum atomic E-state index is -0.632. The lowest BCUT2D eigenvalue weighted by Crippen LogP contribution is -2.29. The number of hydrogen-bond acceptors (Lipinski definition) is 4. The number of phenolic OH excluding ortho intramolecular Hbond substituents is 2. The van der Waals surface area contributed by atoms with E-state index >= 15 is 0 Å². The van der Waals surface area contributed by atoms with Crippen LogP contribution in [0.1, 0.15) is 88.2 Å². The molecule has 3 N–H and O–H groups in total. The number of imide groups is 1. The third-order valence-electron chi connectivity index (χ3n) is 4.78. The summed E-state index contributed by atoms with van der Waals surface area (Å²) in [6, 6.07) is 1.55. The predicted octanol–water partition coefficient (Wildman–Crippen LogP) is 5.34. The maximum atomic E-state index is 12.5. The fourth-order valence-electron chi connectivity index (χ4n) is 3.16. The number of benzene rings is 1. The summed E-state index contributed by atoms with van der Waals surface area (Å²) in [5, 5.41) is 23.5. The van der Waals surface area contributed by atoms with Crippen LogP contribution in [0.3, 0.4) is 0 Å². The number of carbonyl (C=O) groups is 2. The number of nitrogens with one attached hydrogen (secondary N) is 1. The van der Waals surface area contributed by atoms with Crippen molar-refractivity contribution in [1.82, 2.24) is 5.32 Å². The number of allylic oxidation sites excluding steroid dienone is 4. The Morgan fingerprint density at radius 2 is 1.76 bits per heavy atom. The van der Waals surface area contributed by atoms with Gasteiger partial charge in [0.1, 0.15) is 11.5 Å². The molecule has 0 heterocycles. The summed E-state index contributed by atoms with van der Waals surface area (Å²) in [5.74, 6) is -1.39. The first-order valence-corrected chi connectivity index (χ1v) is 10.3. The monoisotopic (exact) mass is 401 g/mol. The average molecular weight is 402 g/mol. The predicted molar refractivity (Wildman–Crippen MR) is 117 cm³/mol. The topological polar surface area (TPSA) is 86.6 Å². The van der Waals surface area contributed by atoms with Crippen molar-refractivity contribution in [1.29, 1.82) is 0 Å². The Labute approximate surface area is 174 Å². The zero-order valence-electron chi connectivity index (χ0n) is 18.4. The van der Waals surface area contributed by atoms with Crippen LogP contribution in [-0.2, 0) is 17.6 Å². The zero-order chi connectivity index (χ0) is 22.0. The largest absolute Gasteiger partial charge is 0.508 e. The molecule has 2 amide bonds. The Morgan fingerprint density at radius 1 is 1.07 bits per heavy atom. The first-order valence-electron chi connectivity index (χ1n) is 10.3. The molecular formula is C24H35NO4. The van der Waals surface area contributed by atoms with Gasteiger partial charge < -0.3 is 10.2 Å². The van der Waals surface area contributed by atoms with E-state index in [0.29, 0.717) is 24.0 Å². The van der Waals surface area contributed by atoms with Crippen LogP contribution in [0, 0.1) is 0 Å². The third kappa shape index (κ3) is 8.14. The quantitative estimate of drug-likeness (QED) is 0.365. The van der Waals surface area contributed by atoms with Crippen molar-refractivity contribution < 1.29 is 19.8 Å². The minimum Gasteiger partial charge on any atom is -0.508 e. The highest BCUT2D eigenvalue weighted by molar-refractivity contribution is 6.07. The van der Waals surface area contributed by atoms with Crippen molar-refractivity contribution in [3.63, 3.8) is 0 Å². The van der Waals surface area contributed by atoms with Crippen molar-refractivity contribution in [3.05, 3.63) is 46.1 Å². The van der Waals surface area contributed by atoms with Gasteiger partial charge in [0.2, 0.25) is 5.91 Å². The Balaban J connectivity index is 3.19. The van der Waals surface area contributed by atoms with E-state index in [4.69, 9.17) is 0 Å². The van der Waals surface area contributed by atoms with Crippen LogP contribution in [0.5, 0.6) is 11.5 Å². The number of carbonyl (C=O) groups excluding carboxylic acids is 2. The third-order valence-corrected chi connectivity index (χ3v) is 4.78. The molecule has 5 nitrogen and oxygen atoms in total. The van der Waals surface area contributed by atoms with E-state index in [9.17, 15) is 19.8 Å². The molecule has 0 aliphatic carbocycles. The highest BCUT2D eigenvalue weighted by atomic mass is 16.3. The minimum absolute atomic E-state index is 0.0262. The molecule has 1 aromatic rings. The van der Waals surface area contributed by atoms with Gasteiger partial charge >= 0.3 is 0 Å². The molecule has 0 saturated heterocycles. The van der Waals surface area contributed by atoms with Gasteiger partial charge in [-0.25, -0.2) is 0 Å². The first kappa shape index (κ1) is 24.5. The molecule has 0 spiro atoms. The lowest BCUT2D eigenvalue weighted by atomic mass is 9.94. The van der Waals surface area contributed by atoms with Gasteiger partial charge in [-0.15, -0.1) is 0 Å². The van der Waals surface area contributed by atoms with Gasteiger partial charge in [0.25, 0.3) is 5.91 Å². The molecule has 1 rings (SSSR count). The van der Waals surface area contributed by atoms with Gasteiger partial charge in [-0.3, -0.25) is 14.9 Å². The Kier molecular flexibility index (Phi) is 10.2. The van der Waals surface area contributed by atoms with E-state index in [2.05, 4.69) is 32.2 Å². The summed E-state index contributed by atoms with van der Waals surface area (Å²) in [4.78, 5) is 23.9. The summed E-state index contributed by atoms with van der Waals surface area (Å²) in [5.41, 5.74) is 3.36. The number of unbranched alkanes of at least 4 members (excludes halogenated alkanes) is 2. The van der Waals surface area contributed by atoms with Gasteiger partial charge in [-0.1, -0.05) is 43.1 Å². The van der Waals surface area contributed by atoms with Crippen LogP contribution in [-0.4, -0.2) is 22.0 Å². The Bertz CT molecular complexity index is 787. The van der Waals surface area contributed by atoms with E-state index in [0.717, 1.165) is 37.7 Å². The smallest absolute Gasteiger partial charge is 0.261 e. The number of hydrogen-bond donors (Lipinski definition) is 3. The zero-order valence-corrected chi connectivity index (χ0v) is 18.4. The number of aromatic hydroxyl groups is 2. The summed E-state index contributed by atoms with van der Waals surface area (Å²) in [7, 11) is 0. The fraction of sp³-hybridized carbons (Fsp3) is 0.500. The molecule has 29 heavy (non-hydrogen) atoms. The number of phenols is 2. The van der Waals surface area contributed by atoms with Crippen LogP contribution in [0.4, 0.5) is 0 Å². The second-order valence-electron chi connectivity index (χ2n) is 7.80. The van der Waals surface area contributed by atoms with Crippen LogP contribution in [0.25, 0.3) is 0 Å². The highest BCUT2D eigenvalue weighted by Gasteiger charge is 2.22. The second-order valence-corrected chi connectivity index (χ2v) is 7.80. The Morgan fingerprint density at radius 3 is 2.34 bits per heavy atom. The molecule has 0 unspecified atom stereocenters. The maximum absolute atomic E-state index is 12.5. The van der Waals surface area contributed by atoms with E-state index < -0.39 is 11.8 Å². The normalized spacial score (nSPS) is 11.3. The number of aryl methyl sites for hydroxylation is 1. The molecule has 0 aromatic heterocycles. The second kappa shape index (κ2) is 12.1. The summed E-state index contributed by atoms with van der Waals surface area (Å²) < 4.78 is 0. The van der Waals surface area contributed by atoms with E-state index in [1.165, 1.54) is 12.5 Å². The molecule has 0 saturated carbocycles. The molecule has 0 radical (unpaired) electrons. The molecule has 0 aliphatic heterocycles. The SMILES string of the molecule is CCCCCc1cc(O)c(C/C=C(\C)CCC=C(C)C)c(O)c1C(=O)NC(C)=O. The van der Waals surface area contributed by atoms with Crippen molar-refractivity contribution in [2.45, 2.75) is 79.6 Å². The molecule has 0 bridgehead atoms. The molecule has 0 fully saturated rings. The fourth-order valence-corrected chi connectivity index (χ4v) is 3.16. The maximum Gasteiger partial charge on any atom is 0.261 e. The number of rotatable bonds is 10. The van der Waals surface area contributed by atoms with Crippen molar-refractivity contribution in [3.8, 4) is 11.5 Å². The molecule has 1 aromatic carbocycles. The molecule has 5 heteroatoms. The van der Waals surface area contributed by atoms with E-state index in [1.807, 2.05) is 13.0 Å². The molecule has 160 valence electrons. The lowest BCUT2D eigenvalue weighted by molar-refractivity contribution is -0.118. The standard InChI is InChI=1S/C24H35NO4/c1-6-7-8-12-19-15-21(27)20(14-13-17(4)11-9-10-16(2)3)23(28)22(19)24(29)25-18(5)26/h10,13,15,27-28H,6-9,11-12,14H2,1-5H3,(H,25,26,29)/b17-13+. The lowest BCUT2D eigenvalue weighted by Gasteiger charge is -2.16. The van der Waals surface area contributed by atoms with Crippen molar-refractivity contribution in [2.75, 3.05) is 0 Å². The summed E-state index contributed by atoms with van der Waals surface area (Å²) >= 11 is 0. The van der Waals surface area contributed by atoms with E-state index in [1.54, 1.807) is 6.07 Å². The van der Waals surface area contributed by atoms with Crippen molar-refractivity contribution >= 4 is 11.8 Å². The van der Waals surface area contributed by atoms with Crippen LogP contribution in [0.2, 0.25) is 0 Å². The average Bonchev–Trinajstić information content (AvgIpc) is 2.60. The van der Waals surface area contributed by atoms with Gasteiger partial charge in [0.05, 0.1) is 5.56 Å². The molecular weight excluding hydrogens is 366 g/mol.